The van der Waals surface area contributed by atoms with Crippen molar-refractivity contribution in [1.82, 2.24) is 29.5 Å². The van der Waals surface area contributed by atoms with Gasteiger partial charge in [0.1, 0.15) is 0 Å². The Balaban J connectivity index is 0.00000152. The Labute approximate surface area is 231 Å². The number of nitrogens with zero attached hydrogens (tertiary/aromatic N) is 6. The molecular formula is C26H26Cl2N6SiZr. The van der Waals surface area contributed by atoms with Crippen molar-refractivity contribution < 1.29 is 45.2 Å². The fraction of sp³-hybridized carbons (Fsp3) is 0.231. The molecule has 0 spiro atoms. The van der Waals surface area contributed by atoms with Gasteiger partial charge in [0.25, 0.3) is 0 Å². The van der Waals surface area contributed by atoms with Crippen LogP contribution >= 0.6 is 0 Å². The third kappa shape index (κ3) is 4.32. The van der Waals surface area contributed by atoms with Crippen LogP contribution in [0.1, 0.15) is 43.4 Å². The van der Waals surface area contributed by atoms with Crippen molar-refractivity contribution >= 4 is 17.6 Å². The standard InChI is InChI=1S/2C12H10N3.C2H6Si.2ClH.Zr/c2*1-9-5-10-3-2-4-12(11(10)6-9)15-7-13-14-8-15;1-3-2;;;/h2*2-8H,1H3;1-2H3;2*1H;/q;;;;;+2/p-2. The van der Waals surface area contributed by atoms with Crippen LogP contribution in [0, 0.1) is 0 Å². The van der Waals surface area contributed by atoms with Gasteiger partial charge in [-0.1, -0.05) is 0 Å². The monoisotopic (exact) mass is 610 g/mol. The first-order chi connectivity index (χ1) is 16.5. The normalized spacial score (nSPS) is 17.1. The molecule has 0 fully saturated rings. The fourth-order valence-electron chi connectivity index (χ4n) is 5.74. The van der Waals surface area contributed by atoms with Crippen molar-refractivity contribution in [2.24, 2.45) is 0 Å². The summed E-state index contributed by atoms with van der Waals surface area (Å²) in [6, 6.07) is 13.5. The van der Waals surface area contributed by atoms with Gasteiger partial charge < -0.3 is 24.8 Å². The summed E-state index contributed by atoms with van der Waals surface area (Å²) in [5, 5.41) is 16.2. The third-order valence-electron chi connectivity index (χ3n) is 7.10. The van der Waals surface area contributed by atoms with E-state index in [1.165, 1.54) is 44.8 Å². The van der Waals surface area contributed by atoms with E-state index in [2.05, 4.69) is 95.9 Å². The number of hydrogen-bond acceptors (Lipinski definition) is 4. The number of aromatic nitrogens is 6. The van der Waals surface area contributed by atoms with Gasteiger partial charge in [-0.3, -0.25) is 0 Å². The van der Waals surface area contributed by atoms with Crippen LogP contribution in [-0.2, 0) is 20.4 Å². The molecule has 6 nitrogen and oxygen atoms in total. The van der Waals surface area contributed by atoms with E-state index in [0.717, 1.165) is 0 Å². The maximum absolute atomic E-state index is 4.04. The van der Waals surface area contributed by atoms with Crippen molar-refractivity contribution in [1.29, 1.82) is 0 Å². The van der Waals surface area contributed by atoms with Gasteiger partial charge in [-0.05, 0) is 0 Å². The van der Waals surface area contributed by atoms with Gasteiger partial charge in [0.05, 0.1) is 0 Å². The van der Waals surface area contributed by atoms with E-state index in [1.54, 1.807) is 25.3 Å². The van der Waals surface area contributed by atoms with Crippen molar-refractivity contribution in [3.05, 3.63) is 95.1 Å². The summed E-state index contributed by atoms with van der Waals surface area (Å²) < 4.78 is 5.27. The second-order valence-corrected chi connectivity index (χ2v) is 27.3. The number of allylic oxidation sites excluding steroid dienone is 2. The van der Waals surface area contributed by atoms with Gasteiger partial charge in [-0.2, -0.15) is 0 Å². The summed E-state index contributed by atoms with van der Waals surface area (Å²) in [4.78, 5) is 0. The molecule has 2 atom stereocenters. The first-order valence-electron chi connectivity index (χ1n) is 11.5. The molecule has 0 N–H and O–H groups in total. The van der Waals surface area contributed by atoms with Gasteiger partial charge in [0, 0.05) is 0 Å². The first kappa shape index (κ1) is 26.9. The molecule has 6 rings (SSSR count). The number of rotatable bonds is 4. The van der Waals surface area contributed by atoms with Crippen molar-refractivity contribution in [3.63, 3.8) is 0 Å². The quantitative estimate of drug-likeness (QED) is 0.288. The molecule has 0 saturated heterocycles. The molecule has 0 bridgehead atoms. The van der Waals surface area contributed by atoms with Gasteiger partial charge in [0.15, 0.2) is 0 Å². The Hall–Kier alpha value is -2.12. The molecule has 2 aliphatic carbocycles. The van der Waals surface area contributed by atoms with E-state index in [0.29, 0.717) is 7.25 Å². The zero-order valence-corrected chi connectivity index (χ0v) is 25.5. The number of halogens is 2. The Kier molecular flexibility index (Phi) is 8.01. The zero-order chi connectivity index (χ0) is 23.4. The molecule has 0 amide bonds. The largest absolute Gasteiger partial charge is 1.00 e. The van der Waals surface area contributed by atoms with E-state index in [4.69, 9.17) is 0 Å². The molecule has 2 aromatic carbocycles. The average Bonchev–Trinajstić information content (AvgIpc) is 3.61. The molecule has 0 unspecified atom stereocenters. The summed E-state index contributed by atoms with van der Waals surface area (Å²) in [5.41, 5.74) is 10.7. The molecule has 182 valence electrons. The Morgan fingerprint density at radius 1 is 0.667 bits per heavy atom. The van der Waals surface area contributed by atoms with Crippen LogP contribution in [0.2, 0.25) is 13.1 Å². The molecule has 0 aliphatic heterocycles. The maximum atomic E-state index is 4.04. The molecule has 4 aromatic rings. The second-order valence-electron chi connectivity index (χ2n) is 9.40. The van der Waals surface area contributed by atoms with Gasteiger partial charge in [-0.25, -0.2) is 0 Å². The van der Waals surface area contributed by atoms with Crippen LogP contribution in [0.3, 0.4) is 0 Å². The van der Waals surface area contributed by atoms with Crippen molar-refractivity contribution in [2.75, 3.05) is 0 Å². The molecule has 2 aromatic heterocycles. The van der Waals surface area contributed by atoms with Crippen LogP contribution in [-0.4, -0.2) is 35.0 Å². The topological polar surface area (TPSA) is 61.4 Å². The third-order valence-corrected chi connectivity index (χ3v) is 27.0. The van der Waals surface area contributed by atoms with E-state index >= 15 is 0 Å². The van der Waals surface area contributed by atoms with Crippen molar-refractivity contribution in [3.8, 4) is 11.4 Å². The number of hydrogen-bond donors (Lipinski definition) is 0. The van der Waals surface area contributed by atoms with E-state index in [9.17, 15) is 0 Å². The summed E-state index contributed by atoms with van der Waals surface area (Å²) in [7, 11) is 0. The smallest absolute Gasteiger partial charge is 1.00 e. The molecule has 36 heavy (non-hydrogen) atoms. The second kappa shape index (κ2) is 10.7. The summed E-state index contributed by atoms with van der Waals surface area (Å²) in [6.45, 7) is 9.83. The van der Waals surface area contributed by atoms with Crippen molar-refractivity contribution in [2.45, 2.75) is 34.2 Å². The Bertz CT molecular complexity index is 1400. The van der Waals surface area contributed by atoms with Crippen LogP contribution in [0.5, 0.6) is 0 Å². The predicted octanol–water partition coefficient (Wildman–Crippen LogP) is -0.658. The minimum atomic E-state index is -2.09. The van der Waals surface area contributed by atoms with Crippen LogP contribution in [0.15, 0.2) is 72.9 Å². The molecular weight excluding hydrogens is 587 g/mol. The van der Waals surface area contributed by atoms with Gasteiger partial charge >= 0.3 is 208 Å². The zero-order valence-electron chi connectivity index (χ0n) is 20.5. The molecule has 0 radical (unpaired) electrons. The minimum absolute atomic E-state index is 0. The Morgan fingerprint density at radius 3 is 1.42 bits per heavy atom. The van der Waals surface area contributed by atoms with E-state index < -0.39 is 25.8 Å². The molecule has 0 saturated carbocycles. The number of fused-ring (bicyclic) bond motifs is 2. The van der Waals surface area contributed by atoms with E-state index in [1.807, 2.05) is 9.13 Å². The van der Waals surface area contributed by atoms with Crippen LogP contribution in [0.4, 0.5) is 0 Å². The maximum Gasteiger partial charge on any atom is -1.00 e. The molecule has 10 heteroatoms. The summed E-state index contributed by atoms with van der Waals surface area (Å²) in [6.07, 6.45) is 12.1. The molecule has 2 heterocycles. The van der Waals surface area contributed by atoms with Gasteiger partial charge in [0.2, 0.25) is 0 Å². The SMILES string of the molecule is CC1=Cc2c(cccc2-n2cnnc2)[C@@H]1[Zr+2]([C@H]1C(C)=Cc2c1cccc2-n1cnnc1)=[Si](C)C.[Cl-].[Cl-]. The predicted molar refractivity (Wildman–Crippen MR) is 133 cm³/mol. The number of benzene rings is 2. The van der Waals surface area contributed by atoms with Crippen LogP contribution < -0.4 is 24.8 Å². The van der Waals surface area contributed by atoms with Gasteiger partial charge in [-0.15, -0.1) is 0 Å². The van der Waals surface area contributed by atoms with Crippen LogP contribution in [0.25, 0.3) is 23.5 Å². The summed E-state index contributed by atoms with van der Waals surface area (Å²) >= 11 is -2.09. The average molecular weight is 613 g/mol. The Morgan fingerprint density at radius 2 is 1.06 bits per heavy atom. The minimum Gasteiger partial charge on any atom is -1.00 e. The van der Waals surface area contributed by atoms with E-state index in [-0.39, 0.29) is 24.8 Å². The molecule has 2 aliphatic rings. The summed E-state index contributed by atoms with van der Waals surface area (Å²) in [5.74, 6) is 0. The first-order valence-corrected chi connectivity index (χ1v) is 20.6. The fourth-order valence-corrected chi connectivity index (χ4v) is 26.5.